The van der Waals surface area contributed by atoms with Gasteiger partial charge in [-0.25, -0.2) is 18.1 Å². The van der Waals surface area contributed by atoms with Gasteiger partial charge in [-0.3, -0.25) is 0 Å². The van der Waals surface area contributed by atoms with E-state index in [1.54, 1.807) is 0 Å². The second kappa shape index (κ2) is 6.00. The fourth-order valence-corrected chi connectivity index (χ4v) is 3.55. The van der Waals surface area contributed by atoms with Crippen molar-refractivity contribution in [3.8, 4) is 6.07 Å². The molecule has 1 saturated heterocycles. The molecule has 0 aromatic carbocycles. The van der Waals surface area contributed by atoms with Gasteiger partial charge in [0.15, 0.2) is 0 Å². The Balaban J connectivity index is 2.28. The summed E-state index contributed by atoms with van der Waals surface area (Å²) in [6.07, 6.45) is 2.84. The lowest BCUT2D eigenvalue weighted by molar-refractivity contribution is 0.465. The lowest BCUT2D eigenvalue weighted by Gasteiger charge is -2.34. The Morgan fingerprint density at radius 1 is 1.48 bits per heavy atom. The molecule has 2 heterocycles. The molecule has 0 bridgehead atoms. The Kier molecular flexibility index (Phi) is 4.49. The molecule has 7 heteroatoms. The Morgan fingerprint density at radius 3 is 2.81 bits per heavy atom. The first-order valence-electron chi connectivity index (χ1n) is 6.91. The summed E-state index contributed by atoms with van der Waals surface area (Å²) in [5.74, 6) is 0.662. The minimum atomic E-state index is -3.22. The van der Waals surface area contributed by atoms with E-state index in [0.717, 1.165) is 30.6 Å². The lowest BCUT2D eigenvalue weighted by atomic mass is 10.0. The summed E-state index contributed by atoms with van der Waals surface area (Å²) in [4.78, 5) is 6.49. The minimum absolute atomic E-state index is 0.136. The second-order valence-electron chi connectivity index (χ2n) is 5.57. The summed E-state index contributed by atoms with van der Waals surface area (Å²) in [6.45, 7) is 5.12. The van der Waals surface area contributed by atoms with Gasteiger partial charge in [0.2, 0.25) is 10.0 Å². The molecule has 0 aliphatic carbocycles. The number of nitrogens with one attached hydrogen (secondary N) is 1. The highest BCUT2D eigenvalue weighted by Gasteiger charge is 2.25. The van der Waals surface area contributed by atoms with Gasteiger partial charge < -0.3 is 4.90 Å². The highest BCUT2D eigenvalue weighted by atomic mass is 32.2. The van der Waals surface area contributed by atoms with E-state index in [-0.39, 0.29) is 6.04 Å². The second-order valence-corrected chi connectivity index (χ2v) is 7.35. The Bertz CT molecular complexity index is 679. The summed E-state index contributed by atoms with van der Waals surface area (Å²) < 4.78 is 25.4. The van der Waals surface area contributed by atoms with E-state index >= 15 is 0 Å². The van der Waals surface area contributed by atoms with Crippen LogP contribution in [0.5, 0.6) is 0 Å². The van der Waals surface area contributed by atoms with Crippen LogP contribution in [0.15, 0.2) is 6.07 Å². The van der Waals surface area contributed by atoms with E-state index < -0.39 is 10.0 Å². The molecule has 0 spiro atoms. The summed E-state index contributed by atoms with van der Waals surface area (Å²) in [7, 11) is -3.22. The van der Waals surface area contributed by atoms with Crippen LogP contribution in [-0.2, 0) is 10.0 Å². The van der Waals surface area contributed by atoms with E-state index in [9.17, 15) is 13.7 Å². The number of hydrogen-bond acceptors (Lipinski definition) is 5. The van der Waals surface area contributed by atoms with E-state index in [4.69, 9.17) is 0 Å². The molecule has 1 aliphatic heterocycles. The Labute approximate surface area is 125 Å². The van der Waals surface area contributed by atoms with Crippen molar-refractivity contribution in [1.29, 1.82) is 5.26 Å². The van der Waals surface area contributed by atoms with Gasteiger partial charge in [0.05, 0.1) is 11.8 Å². The third-order valence-corrected chi connectivity index (χ3v) is 4.30. The number of piperidine rings is 1. The molecular weight excluding hydrogens is 288 g/mol. The molecule has 0 saturated carbocycles. The molecular formula is C14H20N4O2S. The van der Waals surface area contributed by atoms with Crippen LogP contribution in [0, 0.1) is 25.2 Å². The predicted molar refractivity (Wildman–Crippen MR) is 81.6 cm³/mol. The number of nitrogens with zero attached hydrogens (tertiary/aromatic N) is 3. The first-order valence-corrected chi connectivity index (χ1v) is 8.80. The molecule has 114 valence electrons. The number of aryl methyl sites for hydroxylation is 2. The fourth-order valence-electron chi connectivity index (χ4n) is 2.75. The monoisotopic (exact) mass is 308 g/mol. The standard InChI is InChI=1S/C14H20N4O2S/c1-10-7-11(2)16-14(13(10)8-15)18-6-4-5-12(9-18)17-21(3,19)20/h7,12,17H,4-6,9H2,1-3H3. The molecule has 21 heavy (non-hydrogen) atoms. The maximum atomic E-state index is 11.4. The number of anilines is 1. The summed E-state index contributed by atoms with van der Waals surface area (Å²) in [5.41, 5.74) is 2.33. The first-order chi connectivity index (χ1) is 9.80. The SMILES string of the molecule is Cc1cc(C)c(C#N)c(N2CCCC(NS(C)(=O)=O)C2)n1. The smallest absolute Gasteiger partial charge is 0.209 e. The number of sulfonamides is 1. The number of aromatic nitrogens is 1. The van der Waals surface area contributed by atoms with Crippen molar-refractivity contribution in [3.63, 3.8) is 0 Å². The number of hydrogen-bond donors (Lipinski definition) is 1. The van der Waals surface area contributed by atoms with Crippen molar-refractivity contribution in [1.82, 2.24) is 9.71 Å². The van der Waals surface area contributed by atoms with Crippen molar-refractivity contribution in [2.24, 2.45) is 0 Å². The quantitative estimate of drug-likeness (QED) is 0.903. The van der Waals surface area contributed by atoms with E-state index in [1.807, 2.05) is 24.8 Å². The molecule has 1 N–H and O–H groups in total. The highest BCUT2D eigenvalue weighted by molar-refractivity contribution is 7.88. The van der Waals surface area contributed by atoms with E-state index in [2.05, 4.69) is 15.8 Å². The van der Waals surface area contributed by atoms with Crippen LogP contribution in [0.25, 0.3) is 0 Å². The first kappa shape index (κ1) is 15.7. The third kappa shape index (κ3) is 3.93. The van der Waals surface area contributed by atoms with Crippen LogP contribution >= 0.6 is 0 Å². The van der Waals surface area contributed by atoms with Crippen molar-refractivity contribution in [2.75, 3.05) is 24.2 Å². The maximum absolute atomic E-state index is 11.4. The zero-order chi connectivity index (χ0) is 15.6. The normalized spacial score (nSPS) is 19.3. The van der Waals surface area contributed by atoms with Gasteiger partial charge in [0, 0.05) is 24.8 Å². The molecule has 2 rings (SSSR count). The van der Waals surface area contributed by atoms with Gasteiger partial charge in [-0.1, -0.05) is 0 Å². The topological polar surface area (TPSA) is 86.1 Å². The van der Waals surface area contributed by atoms with Gasteiger partial charge in [-0.05, 0) is 38.3 Å². The van der Waals surface area contributed by atoms with Crippen molar-refractivity contribution >= 4 is 15.8 Å². The molecule has 0 radical (unpaired) electrons. The minimum Gasteiger partial charge on any atom is -0.354 e. The van der Waals surface area contributed by atoms with Crippen molar-refractivity contribution < 1.29 is 8.42 Å². The molecule has 1 aromatic heterocycles. The third-order valence-electron chi connectivity index (χ3n) is 3.54. The van der Waals surface area contributed by atoms with E-state index in [0.29, 0.717) is 17.9 Å². The maximum Gasteiger partial charge on any atom is 0.209 e. The van der Waals surface area contributed by atoms with Gasteiger partial charge >= 0.3 is 0 Å². The Hall–Kier alpha value is -1.65. The molecule has 1 fully saturated rings. The van der Waals surface area contributed by atoms with Crippen LogP contribution in [0.2, 0.25) is 0 Å². The number of pyridine rings is 1. The molecule has 0 amide bonds. The van der Waals surface area contributed by atoms with Crippen LogP contribution in [0.3, 0.4) is 0 Å². The number of nitriles is 1. The fraction of sp³-hybridized carbons (Fsp3) is 0.571. The summed E-state index contributed by atoms with van der Waals surface area (Å²) in [5, 5.41) is 9.34. The zero-order valence-corrected chi connectivity index (χ0v) is 13.4. The largest absolute Gasteiger partial charge is 0.354 e. The van der Waals surface area contributed by atoms with Crippen LogP contribution in [-0.4, -0.2) is 38.8 Å². The van der Waals surface area contributed by atoms with Crippen LogP contribution < -0.4 is 9.62 Å². The molecule has 1 atom stereocenters. The van der Waals surface area contributed by atoms with Crippen molar-refractivity contribution in [3.05, 3.63) is 22.9 Å². The van der Waals surface area contributed by atoms with Gasteiger partial charge in [0.25, 0.3) is 0 Å². The van der Waals surface area contributed by atoms with Gasteiger partial charge in [-0.15, -0.1) is 0 Å². The molecule has 1 unspecified atom stereocenters. The van der Waals surface area contributed by atoms with E-state index in [1.165, 1.54) is 6.26 Å². The highest BCUT2D eigenvalue weighted by Crippen LogP contribution is 2.25. The molecule has 1 aliphatic rings. The van der Waals surface area contributed by atoms with Gasteiger partial charge in [0.1, 0.15) is 11.9 Å². The lowest BCUT2D eigenvalue weighted by Crippen LogP contribution is -2.48. The zero-order valence-electron chi connectivity index (χ0n) is 12.5. The average Bonchev–Trinajstić information content (AvgIpc) is 2.36. The van der Waals surface area contributed by atoms with Crippen molar-refractivity contribution in [2.45, 2.75) is 32.7 Å². The molecule has 1 aromatic rings. The Morgan fingerprint density at radius 2 is 2.19 bits per heavy atom. The molecule has 6 nitrogen and oxygen atoms in total. The van der Waals surface area contributed by atoms with Crippen LogP contribution in [0.4, 0.5) is 5.82 Å². The summed E-state index contributed by atoms with van der Waals surface area (Å²) in [6, 6.07) is 3.96. The van der Waals surface area contributed by atoms with Crippen LogP contribution in [0.1, 0.15) is 29.7 Å². The predicted octanol–water partition coefficient (Wildman–Crippen LogP) is 1.09. The average molecular weight is 308 g/mol. The summed E-state index contributed by atoms with van der Waals surface area (Å²) >= 11 is 0. The van der Waals surface area contributed by atoms with Gasteiger partial charge in [-0.2, -0.15) is 5.26 Å². The number of rotatable bonds is 3.